The Kier molecular flexibility index (Phi) is 4.36. The van der Waals surface area contributed by atoms with Crippen molar-refractivity contribution in [2.24, 2.45) is 0 Å². The molecule has 21 heavy (non-hydrogen) atoms. The largest absolute Gasteiger partial charge is 0.497 e. The van der Waals surface area contributed by atoms with Crippen LogP contribution < -0.4 is 14.8 Å². The van der Waals surface area contributed by atoms with Gasteiger partial charge in [-0.2, -0.15) is 0 Å². The lowest BCUT2D eigenvalue weighted by atomic mass is 9.76. The summed E-state index contributed by atoms with van der Waals surface area (Å²) < 4.78 is 11.0. The van der Waals surface area contributed by atoms with Crippen molar-refractivity contribution in [3.8, 4) is 11.5 Å². The SMILES string of the molecule is COc1cccc(OCCC2(O)CC3CCCC(C2)N3)c1. The highest BCUT2D eigenvalue weighted by atomic mass is 16.5. The van der Waals surface area contributed by atoms with Crippen molar-refractivity contribution in [2.75, 3.05) is 13.7 Å². The minimum Gasteiger partial charge on any atom is -0.497 e. The van der Waals surface area contributed by atoms with Crippen LogP contribution >= 0.6 is 0 Å². The first-order valence-corrected chi connectivity index (χ1v) is 7.92. The monoisotopic (exact) mass is 291 g/mol. The van der Waals surface area contributed by atoms with E-state index in [1.807, 2.05) is 24.3 Å². The minimum absolute atomic E-state index is 0.485. The second-order valence-electron chi connectivity index (χ2n) is 6.40. The number of hydrogen-bond donors (Lipinski definition) is 2. The second-order valence-corrected chi connectivity index (χ2v) is 6.40. The lowest BCUT2D eigenvalue weighted by Gasteiger charge is -2.45. The van der Waals surface area contributed by atoms with Crippen LogP contribution in [0.1, 0.15) is 38.5 Å². The summed E-state index contributed by atoms with van der Waals surface area (Å²) in [6.07, 6.45) is 6.07. The van der Waals surface area contributed by atoms with E-state index in [1.165, 1.54) is 19.3 Å². The van der Waals surface area contributed by atoms with E-state index in [1.54, 1.807) is 7.11 Å². The molecule has 2 aliphatic heterocycles. The van der Waals surface area contributed by atoms with Crippen molar-refractivity contribution in [1.82, 2.24) is 5.32 Å². The molecule has 3 rings (SSSR count). The summed E-state index contributed by atoms with van der Waals surface area (Å²) in [7, 11) is 1.65. The van der Waals surface area contributed by atoms with Crippen LogP contribution in [0.5, 0.6) is 11.5 Å². The van der Waals surface area contributed by atoms with E-state index in [0.717, 1.165) is 24.3 Å². The Balaban J connectivity index is 1.52. The molecule has 1 aromatic rings. The summed E-state index contributed by atoms with van der Waals surface area (Å²) in [6.45, 7) is 0.545. The van der Waals surface area contributed by atoms with Gasteiger partial charge in [-0.25, -0.2) is 0 Å². The standard InChI is InChI=1S/C17H25NO3/c1-20-15-6-3-7-16(10-15)21-9-8-17(19)11-13-4-2-5-14(12-17)18-13/h3,6-7,10,13-14,18-19H,2,4-5,8-9,11-12H2,1H3. The number of aliphatic hydroxyl groups is 1. The number of methoxy groups -OCH3 is 1. The summed E-state index contributed by atoms with van der Waals surface area (Å²) in [6, 6.07) is 8.58. The average molecular weight is 291 g/mol. The van der Waals surface area contributed by atoms with Gasteiger partial charge in [-0.3, -0.25) is 0 Å². The molecule has 0 radical (unpaired) electrons. The maximum absolute atomic E-state index is 10.8. The fourth-order valence-electron chi connectivity index (χ4n) is 3.69. The maximum Gasteiger partial charge on any atom is 0.122 e. The van der Waals surface area contributed by atoms with Crippen LogP contribution in [0.2, 0.25) is 0 Å². The van der Waals surface area contributed by atoms with Crippen molar-refractivity contribution < 1.29 is 14.6 Å². The van der Waals surface area contributed by atoms with E-state index in [9.17, 15) is 5.11 Å². The van der Waals surface area contributed by atoms with Gasteiger partial charge in [0.2, 0.25) is 0 Å². The first kappa shape index (κ1) is 14.7. The van der Waals surface area contributed by atoms with Gasteiger partial charge in [0.1, 0.15) is 11.5 Å². The van der Waals surface area contributed by atoms with E-state index in [2.05, 4.69) is 5.32 Å². The number of piperidine rings is 2. The van der Waals surface area contributed by atoms with E-state index in [0.29, 0.717) is 25.1 Å². The Morgan fingerprint density at radius 1 is 1.24 bits per heavy atom. The molecule has 2 unspecified atom stereocenters. The summed E-state index contributed by atoms with van der Waals surface area (Å²) in [5, 5.41) is 14.4. The van der Waals surface area contributed by atoms with Crippen molar-refractivity contribution in [1.29, 1.82) is 0 Å². The highest BCUT2D eigenvalue weighted by Gasteiger charge is 2.40. The Morgan fingerprint density at radius 2 is 1.95 bits per heavy atom. The molecule has 0 amide bonds. The van der Waals surface area contributed by atoms with Crippen molar-refractivity contribution in [3.63, 3.8) is 0 Å². The third-order valence-corrected chi connectivity index (χ3v) is 4.71. The van der Waals surface area contributed by atoms with Crippen molar-refractivity contribution >= 4 is 0 Å². The molecule has 1 aromatic carbocycles. The Labute approximate surface area is 126 Å². The molecule has 2 atom stereocenters. The Hall–Kier alpha value is -1.26. The second kappa shape index (κ2) is 6.24. The molecular weight excluding hydrogens is 266 g/mol. The lowest BCUT2D eigenvalue weighted by molar-refractivity contribution is -0.0444. The van der Waals surface area contributed by atoms with Crippen molar-refractivity contribution in [3.05, 3.63) is 24.3 Å². The first-order chi connectivity index (χ1) is 10.2. The molecular formula is C17H25NO3. The Bertz CT molecular complexity index is 465. The molecule has 4 nitrogen and oxygen atoms in total. The molecule has 2 bridgehead atoms. The van der Waals surface area contributed by atoms with Gasteiger partial charge in [0.15, 0.2) is 0 Å². The lowest BCUT2D eigenvalue weighted by Crippen LogP contribution is -2.56. The average Bonchev–Trinajstić information content (AvgIpc) is 2.47. The van der Waals surface area contributed by atoms with Crippen LogP contribution in [0.4, 0.5) is 0 Å². The molecule has 2 heterocycles. The van der Waals surface area contributed by atoms with Gasteiger partial charge in [0.25, 0.3) is 0 Å². The molecule has 2 aliphatic rings. The van der Waals surface area contributed by atoms with Crippen LogP contribution in [0.15, 0.2) is 24.3 Å². The maximum atomic E-state index is 10.8. The molecule has 2 fully saturated rings. The topological polar surface area (TPSA) is 50.7 Å². The molecule has 2 N–H and O–H groups in total. The van der Waals surface area contributed by atoms with Crippen LogP contribution in [0.25, 0.3) is 0 Å². The zero-order valence-electron chi connectivity index (χ0n) is 12.7. The summed E-state index contributed by atoms with van der Waals surface area (Å²) in [4.78, 5) is 0. The smallest absolute Gasteiger partial charge is 0.122 e. The first-order valence-electron chi connectivity index (χ1n) is 7.92. The molecule has 0 saturated carbocycles. The number of benzene rings is 1. The summed E-state index contributed by atoms with van der Waals surface area (Å²) in [5.74, 6) is 1.59. The zero-order chi connectivity index (χ0) is 14.7. The van der Waals surface area contributed by atoms with Gasteiger partial charge in [0.05, 0.1) is 19.3 Å². The van der Waals surface area contributed by atoms with Gasteiger partial charge < -0.3 is 19.9 Å². The fraction of sp³-hybridized carbons (Fsp3) is 0.647. The number of fused-ring (bicyclic) bond motifs is 2. The highest BCUT2D eigenvalue weighted by Crippen LogP contribution is 2.34. The van der Waals surface area contributed by atoms with E-state index in [4.69, 9.17) is 9.47 Å². The van der Waals surface area contributed by atoms with Gasteiger partial charge >= 0.3 is 0 Å². The van der Waals surface area contributed by atoms with E-state index < -0.39 is 5.60 Å². The number of hydrogen-bond acceptors (Lipinski definition) is 4. The van der Waals surface area contributed by atoms with Gasteiger partial charge in [-0.15, -0.1) is 0 Å². The van der Waals surface area contributed by atoms with Crippen molar-refractivity contribution in [2.45, 2.75) is 56.2 Å². The molecule has 116 valence electrons. The molecule has 0 aliphatic carbocycles. The van der Waals surface area contributed by atoms with Crippen LogP contribution in [-0.2, 0) is 0 Å². The summed E-state index contributed by atoms with van der Waals surface area (Å²) >= 11 is 0. The Morgan fingerprint density at radius 3 is 2.67 bits per heavy atom. The van der Waals surface area contributed by atoms with Crippen LogP contribution in [-0.4, -0.2) is 36.5 Å². The minimum atomic E-state index is -0.570. The molecule has 4 heteroatoms. The summed E-state index contributed by atoms with van der Waals surface area (Å²) in [5.41, 5.74) is -0.570. The third-order valence-electron chi connectivity index (χ3n) is 4.71. The molecule has 0 spiro atoms. The predicted molar refractivity (Wildman–Crippen MR) is 81.9 cm³/mol. The third kappa shape index (κ3) is 3.69. The predicted octanol–water partition coefficient (Wildman–Crippen LogP) is 2.50. The van der Waals surface area contributed by atoms with Crippen LogP contribution in [0.3, 0.4) is 0 Å². The van der Waals surface area contributed by atoms with Crippen LogP contribution in [0, 0.1) is 0 Å². The van der Waals surface area contributed by atoms with E-state index >= 15 is 0 Å². The number of ether oxygens (including phenoxy) is 2. The normalized spacial score (nSPS) is 31.7. The number of nitrogens with one attached hydrogen (secondary N) is 1. The fourth-order valence-corrected chi connectivity index (χ4v) is 3.69. The highest BCUT2D eigenvalue weighted by molar-refractivity contribution is 5.32. The molecule has 2 saturated heterocycles. The molecule has 0 aromatic heterocycles. The van der Waals surface area contributed by atoms with Gasteiger partial charge in [-0.05, 0) is 37.8 Å². The van der Waals surface area contributed by atoms with E-state index in [-0.39, 0.29) is 0 Å². The zero-order valence-corrected chi connectivity index (χ0v) is 12.7. The number of rotatable bonds is 5. The van der Waals surface area contributed by atoms with Gasteiger partial charge in [-0.1, -0.05) is 12.5 Å². The van der Waals surface area contributed by atoms with Gasteiger partial charge in [0, 0.05) is 24.6 Å². The quantitative estimate of drug-likeness (QED) is 0.875.